The first-order valence-electron chi connectivity index (χ1n) is 10.3. The third-order valence-electron chi connectivity index (χ3n) is 5.55. The monoisotopic (exact) mass is 428 g/mol. The lowest BCUT2D eigenvalue weighted by Gasteiger charge is -2.35. The fourth-order valence-electron chi connectivity index (χ4n) is 3.84. The van der Waals surface area contributed by atoms with Crippen LogP contribution < -0.4 is 16.1 Å². The number of benzene rings is 2. The van der Waals surface area contributed by atoms with Gasteiger partial charge in [-0.25, -0.2) is 4.79 Å². The Morgan fingerprint density at radius 3 is 2.34 bits per heavy atom. The highest BCUT2D eigenvalue weighted by atomic mass is 16.4. The molecular weight excluding hydrogens is 408 g/mol. The maximum absolute atomic E-state index is 13.0. The van der Waals surface area contributed by atoms with Crippen molar-refractivity contribution in [3.63, 3.8) is 0 Å². The fraction of sp³-hybridized carbons (Fsp3) is 0.167. The Bertz CT molecular complexity index is 1400. The van der Waals surface area contributed by atoms with Gasteiger partial charge in [-0.15, -0.1) is 5.10 Å². The van der Waals surface area contributed by atoms with Crippen LogP contribution >= 0.6 is 0 Å². The first-order valence-corrected chi connectivity index (χ1v) is 10.3. The van der Waals surface area contributed by atoms with Crippen LogP contribution in [0.1, 0.15) is 10.4 Å². The molecular formula is C24H20N4O4. The second kappa shape index (κ2) is 8.14. The summed E-state index contributed by atoms with van der Waals surface area (Å²) in [6, 6.07) is 21.1. The van der Waals surface area contributed by atoms with E-state index in [0.29, 0.717) is 48.7 Å². The Morgan fingerprint density at radius 2 is 1.56 bits per heavy atom. The van der Waals surface area contributed by atoms with Gasteiger partial charge >= 0.3 is 5.63 Å². The number of nitrogens with zero attached hydrogens (tertiary/aromatic N) is 4. The average molecular weight is 428 g/mol. The van der Waals surface area contributed by atoms with Crippen LogP contribution in [0.25, 0.3) is 16.7 Å². The molecule has 0 N–H and O–H groups in total. The van der Waals surface area contributed by atoms with E-state index in [4.69, 9.17) is 4.42 Å². The summed E-state index contributed by atoms with van der Waals surface area (Å²) in [6.45, 7) is 1.92. The number of carbonyl (C=O) groups excluding carboxylic acids is 1. The summed E-state index contributed by atoms with van der Waals surface area (Å²) >= 11 is 0. The minimum atomic E-state index is -0.632. The number of anilines is 1. The molecule has 4 aromatic rings. The molecule has 2 aromatic heterocycles. The molecule has 0 bridgehead atoms. The van der Waals surface area contributed by atoms with E-state index in [9.17, 15) is 14.4 Å². The van der Waals surface area contributed by atoms with Crippen molar-refractivity contribution >= 4 is 22.7 Å². The largest absolute Gasteiger partial charge is 0.422 e. The Balaban J connectivity index is 1.34. The van der Waals surface area contributed by atoms with E-state index in [1.807, 2.05) is 41.3 Å². The average Bonchev–Trinajstić information content (AvgIpc) is 2.84. The van der Waals surface area contributed by atoms with Crippen molar-refractivity contribution in [1.29, 1.82) is 0 Å². The predicted octanol–water partition coefficient (Wildman–Crippen LogP) is 2.30. The first-order chi connectivity index (χ1) is 15.6. The lowest BCUT2D eigenvalue weighted by molar-refractivity contribution is 0.0742. The molecule has 1 aliphatic rings. The number of carbonyl (C=O) groups is 1. The molecule has 32 heavy (non-hydrogen) atoms. The third-order valence-corrected chi connectivity index (χ3v) is 5.55. The van der Waals surface area contributed by atoms with E-state index in [2.05, 4.69) is 5.10 Å². The molecule has 0 atom stereocenters. The molecule has 0 radical (unpaired) electrons. The van der Waals surface area contributed by atoms with Gasteiger partial charge < -0.3 is 14.2 Å². The highest BCUT2D eigenvalue weighted by Crippen LogP contribution is 2.17. The Kier molecular flexibility index (Phi) is 5.03. The molecule has 2 aromatic carbocycles. The van der Waals surface area contributed by atoms with E-state index in [1.165, 1.54) is 10.7 Å². The summed E-state index contributed by atoms with van der Waals surface area (Å²) in [6.07, 6.45) is 0. The van der Waals surface area contributed by atoms with Gasteiger partial charge in [0.2, 0.25) is 0 Å². The summed E-state index contributed by atoms with van der Waals surface area (Å²) < 4.78 is 6.67. The van der Waals surface area contributed by atoms with E-state index in [0.717, 1.165) is 0 Å². The molecule has 1 saturated heterocycles. The minimum absolute atomic E-state index is 0.0351. The van der Waals surface area contributed by atoms with Gasteiger partial charge in [0.05, 0.1) is 5.69 Å². The summed E-state index contributed by atoms with van der Waals surface area (Å²) in [5, 5.41) is 5.21. The van der Waals surface area contributed by atoms with Gasteiger partial charge in [-0.3, -0.25) is 9.59 Å². The number of hydrogen-bond acceptors (Lipinski definition) is 6. The zero-order valence-corrected chi connectivity index (χ0v) is 17.2. The van der Waals surface area contributed by atoms with Crippen molar-refractivity contribution in [3.8, 4) is 5.69 Å². The van der Waals surface area contributed by atoms with Gasteiger partial charge in [-0.05, 0) is 30.3 Å². The normalized spacial score (nSPS) is 14.0. The van der Waals surface area contributed by atoms with Crippen LogP contribution in [0.3, 0.4) is 0 Å². The molecule has 1 fully saturated rings. The van der Waals surface area contributed by atoms with E-state index < -0.39 is 5.63 Å². The number of aromatic nitrogens is 2. The van der Waals surface area contributed by atoms with Gasteiger partial charge in [0.1, 0.15) is 17.0 Å². The highest BCUT2D eigenvalue weighted by Gasteiger charge is 2.25. The standard InChI is InChI=1S/C24H20N4O4/c29-22-11-10-21(25-28(22)18-7-2-1-3-8-18)26-12-14-27(15-13-26)23(30)19-16-17-6-4-5-9-20(17)32-24(19)31/h1-11,16H,12-15H2. The van der Waals surface area contributed by atoms with E-state index >= 15 is 0 Å². The zero-order valence-electron chi connectivity index (χ0n) is 17.2. The number of fused-ring (bicyclic) bond motifs is 1. The van der Waals surface area contributed by atoms with Crippen molar-refractivity contribution in [2.45, 2.75) is 0 Å². The number of hydrogen-bond donors (Lipinski definition) is 0. The Hall–Kier alpha value is -4.20. The molecule has 5 rings (SSSR count). The predicted molar refractivity (Wildman–Crippen MR) is 120 cm³/mol. The van der Waals surface area contributed by atoms with Crippen LogP contribution in [0.2, 0.25) is 0 Å². The smallest absolute Gasteiger partial charge is 0.349 e. The molecule has 8 nitrogen and oxygen atoms in total. The molecule has 1 amide bonds. The summed E-state index contributed by atoms with van der Waals surface area (Å²) in [4.78, 5) is 41.2. The summed E-state index contributed by atoms with van der Waals surface area (Å²) in [5.41, 5.74) is 0.340. The number of rotatable bonds is 3. The second-order valence-electron chi connectivity index (χ2n) is 7.54. The van der Waals surface area contributed by atoms with Crippen molar-refractivity contribution in [3.05, 3.63) is 99.1 Å². The lowest BCUT2D eigenvalue weighted by atomic mass is 10.1. The van der Waals surface area contributed by atoms with Crippen LogP contribution in [0.15, 0.2) is 86.8 Å². The maximum Gasteiger partial charge on any atom is 0.349 e. The third kappa shape index (κ3) is 3.66. The molecule has 3 heterocycles. The van der Waals surface area contributed by atoms with Gasteiger partial charge in [-0.1, -0.05) is 36.4 Å². The number of piperazine rings is 1. The van der Waals surface area contributed by atoms with Crippen LogP contribution in [0.4, 0.5) is 5.82 Å². The van der Waals surface area contributed by atoms with Crippen molar-refractivity contribution < 1.29 is 9.21 Å². The molecule has 0 spiro atoms. The summed E-state index contributed by atoms with van der Waals surface area (Å²) in [7, 11) is 0. The van der Waals surface area contributed by atoms with Crippen LogP contribution in [-0.4, -0.2) is 46.8 Å². The second-order valence-corrected chi connectivity index (χ2v) is 7.54. The quantitative estimate of drug-likeness (QED) is 0.465. The Morgan fingerprint density at radius 1 is 0.844 bits per heavy atom. The SMILES string of the molecule is O=C(c1cc2ccccc2oc1=O)N1CCN(c2ccc(=O)n(-c3ccccc3)n2)CC1. The maximum atomic E-state index is 13.0. The molecule has 160 valence electrons. The van der Waals surface area contributed by atoms with Gasteiger partial charge in [-0.2, -0.15) is 4.68 Å². The molecule has 0 aliphatic carbocycles. The molecule has 0 saturated carbocycles. The molecule has 1 aliphatic heterocycles. The Labute approximate surface area is 182 Å². The fourth-order valence-corrected chi connectivity index (χ4v) is 3.84. The van der Waals surface area contributed by atoms with Crippen LogP contribution in [0, 0.1) is 0 Å². The topological polar surface area (TPSA) is 88.7 Å². The first kappa shape index (κ1) is 19.7. The zero-order chi connectivity index (χ0) is 22.1. The van der Waals surface area contributed by atoms with Crippen LogP contribution in [-0.2, 0) is 0 Å². The van der Waals surface area contributed by atoms with E-state index in [-0.39, 0.29) is 17.0 Å². The summed E-state index contributed by atoms with van der Waals surface area (Å²) in [5.74, 6) is 0.317. The highest BCUT2D eigenvalue weighted by molar-refractivity contribution is 5.96. The lowest BCUT2D eigenvalue weighted by Crippen LogP contribution is -2.50. The van der Waals surface area contributed by atoms with Crippen molar-refractivity contribution in [2.24, 2.45) is 0 Å². The number of para-hydroxylation sites is 2. The van der Waals surface area contributed by atoms with Gasteiger partial charge in [0.25, 0.3) is 11.5 Å². The minimum Gasteiger partial charge on any atom is -0.422 e. The van der Waals surface area contributed by atoms with Gasteiger partial charge in [0.15, 0.2) is 0 Å². The van der Waals surface area contributed by atoms with Gasteiger partial charge in [0, 0.05) is 37.6 Å². The van der Waals surface area contributed by atoms with Crippen LogP contribution in [0.5, 0.6) is 0 Å². The van der Waals surface area contributed by atoms with Crippen molar-refractivity contribution in [1.82, 2.24) is 14.7 Å². The molecule has 8 heteroatoms. The number of amides is 1. The van der Waals surface area contributed by atoms with Crippen molar-refractivity contribution in [2.75, 3.05) is 31.1 Å². The molecule has 0 unspecified atom stereocenters. The van der Waals surface area contributed by atoms with E-state index in [1.54, 1.807) is 35.2 Å².